The number of esters is 2. The Labute approximate surface area is 116 Å². The van der Waals surface area contributed by atoms with Crippen molar-refractivity contribution in [3.63, 3.8) is 0 Å². The lowest BCUT2D eigenvalue weighted by Crippen LogP contribution is -2.10. The smallest absolute Gasteiger partial charge is 0.330 e. The van der Waals surface area contributed by atoms with Gasteiger partial charge in [-0.1, -0.05) is 40.9 Å². The van der Waals surface area contributed by atoms with Gasteiger partial charge in [-0.3, -0.25) is 4.79 Å². The van der Waals surface area contributed by atoms with Gasteiger partial charge in [0.2, 0.25) is 0 Å². The van der Waals surface area contributed by atoms with Crippen LogP contribution >= 0.6 is 0 Å². The fourth-order valence-electron chi connectivity index (χ4n) is 0.402. The SMILES string of the molecule is C=CC(=O)OCCOC(=O)C=C.[CH2][CH2].[CH2][CH2].[CH2][C]=O. The van der Waals surface area contributed by atoms with E-state index in [0.717, 1.165) is 12.2 Å². The number of hydrogen-bond donors (Lipinski definition) is 0. The van der Waals surface area contributed by atoms with Crippen LogP contribution in [0.25, 0.3) is 0 Å². The van der Waals surface area contributed by atoms with E-state index in [1.807, 2.05) is 0 Å². The Balaban J connectivity index is -0.000000136. The van der Waals surface area contributed by atoms with Crippen LogP contribution in [0.5, 0.6) is 0 Å². The Morgan fingerprint density at radius 3 is 1.26 bits per heavy atom. The summed E-state index contributed by atoms with van der Waals surface area (Å²) >= 11 is 0. The van der Waals surface area contributed by atoms with Crippen LogP contribution in [-0.2, 0) is 23.9 Å². The first-order valence-electron chi connectivity index (χ1n) is 4.85. The molecule has 106 valence electrons. The number of carbonyl (C=O) groups excluding carboxylic acids is 3. The first kappa shape index (κ1) is 25.8. The molecule has 0 bridgehead atoms. The van der Waals surface area contributed by atoms with Crippen molar-refractivity contribution in [2.45, 2.75) is 0 Å². The molecule has 0 spiro atoms. The summed E-state index contributed by atoms with van der Waals surface area (Å²) < 4.78 is 9.04. The van der Waals surface area contributed by atoms with Crippen molar-refractivity contribution >= 4 is 18.2 Å². The van der Waals surface area contributed by atoms with E-state index in [2.05, 4.69) is 57.3 Å². The molecule has 0 atom stereocenters. The zero-order valence-corrected chi connectivity index (χ0v) is 11.1. The molecule has 0 aromatic carbocycles. The molecule has 0 saturated heterocycles. The number of ether oxygens (including phenoxy) is 2. The van der Waals surface area contributed by atoms with Crippen LogP contribution in [0.15, 0.2) is 25.3 Å². The number of rotatable bonds is 5. The lowest BCUT2D eigenvalue weighted by molar-refractivity contribution is -0.146. The summed E-state index contributed by atoms with van der Waals surface area (Å²) in [6.45, 7) is 21.1. The van der Waals surface area contributed by atoms with E-state index >= 15 is 0 Å². The molecule has 6 radical (unpaired) electrons. The molecule has 0 unspecified atom stereocenters. The lowest BCUT2D eigenvalue weighted by atomic mass is 10.6. The summed E-state index contributed by atoms with van der Waals surface area (Å²) in [4.78, 5) is 29.4. The molecule has 0 aliphatic carbocycles. The van der Waals surface area contributed by atoms with Gasteiger partial charge in [-0.2, -0.15) is 0 Å². The minimum absolute atomic E-state index is 0.0322. The predicted molar refractivity (Wildman–Crippen MR) is 74.8 cm³/mol. The molecule has 5 heteroatoms. The van der Waals surface area contributed by atoms with Crippen molar-refractivity contribution < 1.29 is 23.9 Å². The van der Waals surface area contributed by atoms with Crippen molar-refractivity contribution in [3.05, 3.63) is 59.9 Å². The molecular weight excluding hydrogens is 248 g/mol. The van der Waals surface area contributed by atoms with Crippen LogP contribution in [-0.4, -0.2) is 31.4 Å². The molecule has 0 amide bonds. The van der Waals surface area contributed by atoms with Gasteiger partial charge >= 0.3 is 11.9 Å². The van der Waals surface area contributed by atoms with Gasteiger partial charge in [0, 0.05) is 19.1 Å². The van der Waals surface area contributed by atoms with Gasteiger partial charge in [0.05, 0.1) is 0 Å². The van der Waals surface area contributed by atoms with Gasteiger partial charge in [0.1, 0.15) is 13.2 Å². The molecule has 0 aliphatic heterocycles. The average molecular weight is 268 g/mol. The van der Waals surface area contributed by atoms with Gasteiger partial charge in [-0.05, 0) is 0 Å². The van der Waals surface area contributed by atoms with Gasteiger partial charge < -0.3 is 9.47 Å². The van der Waals surface area contributed by atoms with Crippen LogP contribution in [0.4, 0.5) is 0 Å². The van der Waals surface area contributed by atoms with Crippen molar-refractivity contribution in [2.24, 2.45) is 0 Å². The van der Waals surface area contributed by atoms with E-state index in [0.29, 0.717) is 0 Å². The molecule has 0 saturated carbocycles. The highest BCUT2D eigenvalue weighted by molar-refractivity contribution is 5.81. The fraction of sp³-hybridized carbons (Fsp3) is 0.143. The molecule has 0 N–H and O–H groups in total. The molecule has 0 aromatic heterocycles. The molecule has 0 heterocycles. The second-order valence-electron chi connectivity index (χ2n) is 1.89. The minimum Gasteiger partial charge on any atom is -0.459 e. The van der Waals surface area contributed by atoms with Crippen LogP contribution in [0.1, 0.15) is 0 Å². The van der Waals surface area contributed by atoms with Gasteiger partial charge in [-0.15, -0.1) is 0 Å². The summed E-state index contributed by atoms with van der Waals surface area (Å²) in [6.07, 6.45) is 3.32. The van der Waals surface area contributed by atoms with Crippen molar-refractivity contribution in [2.75, 3.05) is 13.2 Å². The number of carbonyl (C=O) groups is 2. The maximum atomic E-state index is 10.4. The minimum atomic E-state index is -0.537. The van der Waals surface area contributed by atoms with E-state index in [1.165, 1.54) is 6.29 Å². The normalized spacial score (nSPS) is 6.58. The monoisotopic (exact) mass is 268 g/mol. The first-order valence-corrected chi connectivity index (χ1v) is 4.85. The largest absolute Gasteiger partial charge is 0.459 e. The topological polar surface area (TPSA) is 69.7 Å². The van der Waals surface area contributed by atoms with Crippen LogP contribution in [0, 0.1) is 34.6 Å². The highest BCUT2D eigenvalue weighted by Gasteiger charge is 1.97. The summed E-state index contributed by atoms with van der Waals surface area (Å²) in [5.74, 6) is -1.07. The zero-order valence-electron chi connectivity index (χ0n) is 11.1. The molecule has 0 rings (SSSR count). The maximum absolute atomic E-state index is 10.4. The Hall–Kier alpha value is -1.91. The summed E-state index contributed by atoms with van der Waals surface area (Å²) in [6, 6.07) is 0. The zero-order chi connectivity index (χ0) is 16.1. The fourth-order valence-corrected chi connectivity index (χ4v) is 0.402. The van der Waals surface area contributed by atoms with Gasteiger partial charge in [0.25, 0.3) is 0 Å². The van der Waals surface area contributed by atoms with E-state index in [9.17, 15) is 9.59 Å². The molecule has 0 fully saturated rings. The molecule has 19 heavy (non-hydrogen) atoms. The Kier molecular flexibility index (Phi) is 40.5. The van der Waals surface area contributed by atoms with Crippen molar-refractivity contribution in [1.82, 2.24) is 0 Å². The molecule has 5 nitrogen and oxygen atoms in total. The average Bonchev–Trinajstić information content (AvgIpc) is 2.48. The molecule has 0 aromatic rings. The maximum Gasteiger partial charge on any atom is 0.330 e. The number of hydrogen-bond acceptors (Lipinski definition) is 5. The third-order valence-corrected chi connectivity index (χ3v) is 0.905. The third kappa shape index (κ3) is 38.7. The van der Waals surface area contributed by atoms with Crippen LogP contribution in [0.3, 0.4) is 0 Å². The summed E-state index contributed by atoms with van der Waals surface area (Å²) in [5.41, 5.74) is 0. The summed E-state index contributed by atoms with van der Waals surface area (Å²) in [5, 5.41) is 0. The lowest BCUT2D eigenvalue weighted by Gasteiger charge is -2.01. The second kappa shape index (κ2) is 29.8. The summed E-state index contributed by atoms with van der Waals surface area (Å²) in [7, 11) is 0. The Morgan fingerprint density at radius 2 is 1.11 bits per heavy atom. The highest BCUT2D eigenvalue weighted by Crippen LogP contribution is 1.82. The molecule has 0 aliphatic rings. The van der Waals surface area contributed by atoms with Gasteiger partial charge in [0.15, 0.2) is 6.29 Å². The van der Waals surface area contributed by atoms with E-state index < -0.39 is 11.9 Å². The van der Waals surface area contributed by atoms with Gasteiger partial charge in [-0.25, -0.2) is 9.59 Å². The Morgan fingerprint density at radius 1 is 0.895 bits per heavy atom. The predicted octanol–water partition coefficient (Wildman–Crippen LogP) is 1.68. The Bertz CT molecular complexity index is 212. The van der Waals surface area contributed by atoms with Crippen molar-refractivity contribution in [1.29, 1.82) is 0 Å². The van der Waals surface area contributed by atoms with Crippen molar-refractivity contribution in [3.8, 4) is 0 Å². The first-order chi connectivity index (χ1) is 9.12. The van der Waals surface area contributed by atoms with E-state index in [1.54, 1.807) is 0 Å². The van der Waals surface area contributed by atoms with Crippen LogP contribution in [0.2, 0.25) is 0 Å². The van der Waals surface area contributed by atoms with Crippen LogP contribution < -0.4 is 0 Å². The standard InChI is InChI=1S/C8H10O4.C2H2O.2C2H4/c1-3-7(9)11-5-6-12-8(10)4-2;1-2-3;2*1-2/h3-4H,1-2,5-6H2;1H2;2*1-2H2. The highest BCUT2D eigenvalue weighted by atomic mass is 16.6. The third-order valence-electron chi connectivity index (χ3n) is 0.905. The quantitative estimate of drug-likeness (QED) is 0.431. The second-order valence-corrected chi connectivity index (χ2v) is 1.89. The van der Waals surface area contributed by atoms with E-state index in [4.69, 9.17) is 4.79 Å². The van der Waals surface area contributed by atoms with E-state index in [-0.39, 0.29) is 13.2 Å². The molecular formula is C14H20O5.